The van der Waals surface area contributed by atoms with Crippen molar-refractivity contribution in [1.29, 1.82) is 0 Å². The van der Waals surface area contributed by atoms with E-state index in [1.165, 1.54) is 12.1 Å². The number of hydrogen-bond acceptors (Lipinski definition) is 6. The number of ether oxygens (including phenoxy) is 1. The molecule has 0 unspecified atom stereocenters. The van der Waals surface area contributed by atoms with Gasteiger partial charge in [0.2, 0.25) is 0 Å². The second kappa shape index (κ2) is 11.4. The number of Topliss-reactive ketones (excluding diaryl/α,β-unsaturated/α-hetero) is 1. The third-order valence-corrected chi connectivity index (χ3v) is 9.84. The van der Waals surface area contributed by atoms with Gasteiger partial charge in [-0.3, -0.25) is 14.4 Å². The maximum atomic E-state index is 13.4. The summed E-state index contributed by atoms with van der Waals surface area (Å²) < 4.78 is 31.9. The van der Waals surface area contributed by atoms with Gasteiger partial charge >= 0.3 is 5.97 Å². The van der Waals surface area contributed by atoms with E-state index in [0.29, 0.717) is 46.5 Å². The van der Waals surface area contributed by atoms with E-state index < -0.39 is 21.5 Å². The molecule has 42 heavy (non-hydrogen) atoms. The number of ketones is 1. The number of carbonyl (C=O) groups excluding carboxylic acids is 3. The van der Waals surface area contributed by atoms with Crippen LogP contribution in [-0.2, 0) is 42.8 Å². The van der Waals surface area contributed by atoms with Gasteiger partial charge in [0.15, 0.2) is 15.6 Å². The minimum absolute atomic E-state index is 0.00452. The van der Waals surface area contributed by atoms with E-state index in [-0.39, 0.29) is 57.1 Å². The van der Waals surface area contributed by atoms with Crippen molar-refractivity contribution >= 4 is 68.0 Å². The Morgan fingerprint density at radius 2 is 1.79 bits per heavy atom. The Morgan fingerprint density at radius 3 is 2.48 bits per heavy atom. The number of aromatic amines is 1. The summed E-state index contributed by atoms with van der Waals surface area (Å²) in [5.41, 5.74) is 3.63. The van der Waals surface area contributed by atoms with Crippen molar-refractivity contribution in [3.8, 4) is 0 Å². The van der Waals surface area contributed by atoms with E-state index in [9.17, 15) is 22.8 Å². The van der Waals surface area contributed by atoms with E-state index in [1.807, 2.05) is 13.8 Å². The van der Waals surface area contributed by atoms with Gasteiger partial charge in [-0.2, -0.15) is 0 Å². The molecule has 1 aliphatic heterocycles. The molecule has 0 spiro atoms. The lowest BCUT2D eigenvalue weighted by molar-refractivity contribution is -0.143. The smallest absolute Gasteiger partial charge is 0.306 e. The Kier molecular flexibility index (Phi) is 8.13. The average molecular weight is 630 g/mol. The molecule has 220 valence electrons. The Labute approximate surface area is 254 Å². The number of benzene rings is 2. The third kappa shape index (κ3) is 5.91. The fraction of sp³-hybridized carbons (Fsp3) is 0.323. The molecule has 0 fully saturated rings. The molecule has 1 amide bonds. The minimum Gasteiger partial charge on any atom is -0.466 e. The fourth-order valence-electron chi connectivity index (χ4n) is 5.59. The second-order valence-corrected chi connectivity index (χ2v) is 14.1. The van der Waals surface area contributed by atoms with Crippen LogP contribution < -0.4 is 5.32 Å². The van der Waals surface area contributed by atoms with Crippen LogP contribution in [0.25, 0.3) is 11.6 Å². The molecule has 0 saturated heterocycles. The van der Waals surface area contributed by atoms with Crippen molar-refractivity contribution in [3.63, 3.8) is 0 Å². The van der Waals surface area contributed by atoms with Crippen LogP contribution in [0.2, 0.25) is 10.0 Å². The van der Waals surface area contributed by atoms with Crippen LogP contribution in [-0.4, -0.2) is 37.7 Å². The molecule has 5 rings (SSSR count). The number of sulfone groups is 1. The molecule has 1 aromatic heterocycles. The lowest BCUT2D eigenvalue weighted by Crippen LogP contribution is -2.27. The highest BCUT2D eigenvalue weighted by atomic mass is 35.5. The van der Waals surface area contributed by atoms with Crippen LogP contribution >= 0.6 is 23.2 Å². The fourth-order valence-corrected chi connectivity index (χ4v) is 7.71. The SMILES string of the molecule is CCOC(=O)CCc1c(C=C2C(=O)Nc3ccc(S(=O)(=O)Cc4c(Cl)cccc4Cl)cc32)[nH]c2c1C(=O)CC(C)(C)C2. The number of aromatic nitrogens is 1. The average Bonchev–Trinajstić information content (AvgIpc) is 3.40. The van der Waals surface area contributed by atoms with Gasteiger partial charge in [-0.05, 0) is 67.2 Å². The van der Waals surface area contributed by atoms with Crippen LogP contribution in [0.3, 0.4) is 0 Å². The number of rotatable bonds is 8. The van der Waals surface area contributed by atoms with Gasteiger partial charge in [-0.1, -0.05) is 43.1 Å². The molecule has 0 saturated carbocycles. The molecule has 8 nitrogen and oxygen atoms in total. The maximum Gasteiger partial charge on any atom is 0.306 e. The van der Waals surface area contributed by atoms with Gasteiger partial charge in [0.25, 0.3) is 5.91 Å². The molecule has 0 atom stereocenters. The zero-order valence-electron chi connectivity index (χ0n) is 23.4. The number of esters is 1. The van der Waals surface area contributed by atoms with E-state index in [4.69, 9.17) is 27.9 Å². The molecule has 1 aliphatic carbocycles. The van der Waals surface area contributed by atoms with E-state index in [0.717, 1.165) is 5.69 Å². The number of hydrogen-bond donors (Lipinski definition) is 2. The zero-order valence-corrected chi connectivity index (χ0v) is 25.7. The second-order valence-electron chi connectivity index (χ2n) is 11.3. The lowest BCUT2D eigenvalue weighted by Gasteiger charge is -2.28. The summed E-state index contributed by atoms with van der Waals surface area (Å²) in [7, 11) is -3.89. The first-order valence-electron chi connectivity index (χ1n) is 13.6. The molecule has 2 aliphatic rings. The minimum atomic E-state index is -3.89. The Balaban J connectivity index is 1.56. The van der Waals surface area contributed by atoms with Crippen molar-refractivity contribution in [3.05, 3.63) is 80.1 Å². The summed E-state index contributed by atoms with van der Waals surface area (Å²) in [6, 6.07) is 9.22. The van der Waals surface area contributed by atoms with E-state index >= 15 is 0 Å². The van der Waals surface area contributed by atoms with Crippen molar-refractivity contribution in [1.82, 2.24) is 4.98 Å². The first-order chi connectivity index (χ1) is 19.8. The molecule has 0 radical (unpaired) electrons. The van der Waals surface area contributed by atoms with E-state index in [1.54, 1.807) is 37.3 Å². The number of H-pyrrole nitrogens is 1. The summed E-state index contributed by atoms with van der Waals surface area (Å²) in [6.07, 6.45) is 2.93. The molecular formula is C31H30Cl2N2O6S. The number of amides is 1. The molecule has 2 N–H and O–H groups in total. The largest absolute Gasteiger partial charge is 0.466 e. The molecule has 0 bridgehead atoms. The standard InChI is InChI=1S/C31H30Cl2N2O6S/c1-4-41-28(37)11-9-18-25(34-26-14-31(2,3)15-27(36)29(18)26)13-20-19-12-17(8-10-24(19)35-30(20)38)42(39,40)16-21-22(32)6-5-7-23(21)33/h5-8,10,12-13,34H,4,9,11,14-16H2,1-3H3,(H,35,38). The number of anilines is 1. The van der Waals surface area contributed by atoms with Gasteiger partial charge in [0, 0.05) is 56.7 Å². The van der Waals surface area contributed by atoms with Crippen LogP contribution in [0, 0.1) is 5.41 Å². The van der Waals surface area contributed by atoms with Gasteiger partial charge in [0.05, 0.1) is 22.8 Å². The number of carbonyl (C=O) groups is 3. The predicted octanol–water partition coefficient (Wildman–Crippen LogP) is 6.44. The molecule has 3 aromatic rings. The zero-order chi connectivity index (χ0) is 30.4. The predicted molar refractivity (Wildman–Crippen MR) is 162 cm³/mol. The summed E-state index contributed by atoms with van der Waals surface area (Å²) in [5.74, 6) is -1.23. The monoisotopic (exact) mass is 628 g/mol. The maximum absolute atomic E-state index is 13.4. The Morgan fingerprint density at radius 1 is 1.07 bits per heavy atom. The number of fused-ring (bicyclic) bond motifs is 2. The first kappa shape index (κ1) is 30.1. The summed E-state index contributed by atoms with van der Waals surface area (Å²) in [5, 5.41) is 3.27. The molecule has 2 heterocycles. The molecular weight excluding hydrogens is 599 g/mol. The number of halogens is 2. The highest BCUT2D eigenvalue weighted by Gasteiger charge is 2.36. The molecule has 11 heteroatoms. The first-order valence-corrected chi connectivity index (χ1v) is 16.0. The lowest BCUT2D eigenvalue weighted by atomic mass is 9.75. The topological polar surface area (TPSA) is 122 Å². The van der Waals surface area contributed by atoms with E-state index in [2.05, 4.69) is 10.3 Å². The Bertz CT molecular complexity index is 1750. The summed E-state index contributed by atoms with van der Waals surface area (Å²) in [6.45, 7) is 6.01. The highest BCUT2D eigenvalue weighted by molar-refractivity contribution is 7.90. The van der Waals surface area contributed by atoms with Gasteiger partial charge < -0.3 is 15.0 Å². The summed E-state index contributed by atoms with van der Waals surface area (Å²) in [4.78, 5) is 41.9. The Hall–Kier alpha value is -3.40. The van der Waals surface area contributed by atoms with Crippen LogP contribution in [0.15, 0.2) is 41.3 Å². The van der Waals surface area contributed by atoms with Crippen molar-refractivity contribution in [2.75, 3.05) is 11.9 Å². The number of nitrogens with one attached hydrogen (secondary N) is 2. The van der Waals surface area contributed by atoms with Crippen LogP contribution in [0.1, 0.15) is 72.0 Å². The highest BCUT2D eigenvalue weighted by Crippen LogP contribution is 2.40. The van der Waals surface area contributed by atoms with Gasteiger partial charge in [0.1, 0.15) is 0 Å². The normalized spacial score (nSPS) is 16.7. The van der Waals surface area contributed by atoms with Crippen molar-refractivity contribution < 1.29 is 27.5 Å². The van der Waals surface area contributed by atoms with Crippen molar-refractivity contribution in [2.45, 2.75) is 57.1 Å². The van der Waals surface area contributed by atoms with Crippen molar-refractivity contribution in [2.24, 2.45) is 5.41 Å². The van der Waals surface area contributed by atoms with Crippen LogP contribution in [0.4, 0.5) is 5.69 Å². The van der Waals surface area contributed by atoms with Crippen LogP contribution in [0.5, 0.6) is 0 Å². The quantitative estimate of drug-likeness (QED) is 0.219. The van der Waals surface area contributed by atoms with Gasteiger partial charge in [-0.15, -0.1) is 0 Å². The summed E-state index contributed by atoms with van der Waals surface area (Å²) >= 11 is 12.5. The van der Waals surface area contributed by atoms with Gasteiger partial charge in [-0.25, -0.2) is 8.42 Å². The molecule has 2 aromatic carbocycles. The third-order valence-electron chi connectivity index (χ3n) is 7.49.